The van der Waals surface area contributed by atoms with E-state index >= 15 is 0 Å². The van der Waals surface area contributed by atoms with Crippen LogP contribution in [-0.4, -0.2) is 21.0 Å². The van der Waals surface area contributed by atoms with Crippen LogP contribution in [0.3, 0.4) is 0 Å². The van der Waals surface area contributed by atoms with Crippen molar-refractivity contribution in [2.75, 3.05) is 5.32 Å². The molecule has 0 fully saturated rings. The van der Waals surface area contributed by atoms with Crippen LogP contribution in [0.1, 0.15) is 17.1 Å². The highest BCUT2D eigenvalue weighted by Crippen LogP contribution is 2.23. The van der Waals surface area contributed by atoms with E-state index in [9.17, 15) is 4.79 Å². The van der Waals surface area contributed by atoms with Crippen molar-refractivity contribution in [3.63, 3.8) is 0 Å². The van der Waals surface area contributed by atoms with Gasteiger partial charge in [0.05, 0.1) is 23.5 Å². The number of anilines is 2. The second-order valence-electron chi connectivity index (χ2n) is 3.93. The van der Waals surface area contributed by atoms with E-state index in [0.29, 0.717) is 10.8 Å². The first-order valence-electron chi connectivity index (χ1n) is 5.42. The molecule has 0 bridgehead atoms. The van der Waals surface area contributed by atoms with Crippen LogP contribution in [0, 0.1) is 13.8 Å². The first kappa shape index (κ1) is 12.5. The van der Waals surface area contributed by atoms with Crippen molar-refractivity contribution in [1.82, 2.24) is 9.97 Å². The van der Waals surface area contributed by atoms with Gasteiger partial charge >= 0.3 is 5.97 Å². The second-order valence-corrected chi connectivity index (χ2v) is 4.78. The van der Waals surface area contributed by atoms with Crippen LogP contribution >= 0.6 is 11.3 Å². The molecule has 5 nitrogen and oxygen atoms in total. The number of pyridine rings is 1. The molecule has 0 aromatic carbocycles. The van der Waals surface area contributed by atoms with Crippen molar-refractivity contribution in [2.45, 2.75) is 20.3 Å². The lowest BCUT2D eigenvalue weighted by molar-refractivity contribution is -0.136. The predicted octanol–water partition coefficient (Wildman–Crippen LogP) is 2.53. The SMILES string of the molecule is Cc1ccc(Nc2nc(CC(=O)O)cs2)c(C)n1. The number of thiazole rings is 1. The fourth-order valence-corrected chi connectivity index (χ4v) is 2.26. The van der Waals surface area contributed by atoms with Crippen LogP contribution in [0.2, 0.25) is 0 Å². The van der Waals surface area contributed by atoms with E-state index in [1.807, 2.05) is 26.0 Å². The first-order valence-corrected chi connectivity index (χ1v) is 6.30. The molecule has 0 aliphatic rings. The molecule has 2 aromatic heterocycles. The molecular formula is C12H13N3O2S. The molecule has 0 aliphatic heterocycles. The van der Waals surface area contributed by atoms with E-state index in [1.54, 1.807) is 5.38 Å². The summed E-state index contributed by atoms with van der Waals surface area (Å²) in [4.78, 5) is 19.1. The van der Waals surface area contributed by atoms with Gasteiger partial charge in [0.25, 0.3) is 0 Å². The van der Waals surface area contributed by atoms with Gasteiger partial charge in [0, 0.05) is 11.1 Å². The Kier molecular flexibility index (Phi) is 3.57. The number of aryl methyl sites for hydroxylation is 2. The second kappa shape index (κ2) is 5.14. The zero-order valence-electron chi connectivity index (χ0n) is 10.1. The third-order valence-electron chi connectivity index (χ3n) is 2.35. The van der Waals surface area contributed by atoms with Gasteiger partial charge in [0.2, 0.25) is 0 Å². The molecule has 0 saturated heterocycles. The normalized spacial score (nSPS) is 10.3. The fraction of sp³-hybridized carbons (Fsp3) is 0.250. The van der Waals surface area contributed by atoms with Crippen LogP contribution in [-0.2, 0) is 11.2 Å². The van der Waals surface area contributed by atoms with Gasteiger partial charge in [-0.1, -0.05) is 0 Å². The number of hydrogen-bond donors (Lipinski definition) is 2. The molecule has 6 heteroatoms. The largest absolute Gasteiger partial charge is 0.481 e. The van der Waals surface area contributed by atoms with Crippen LogP contribution in [0.15, 0.2) is 17.5 Å². The number of carbonyl (C=O) groups is 1. The summed E-state index contributed by atoms with van der Waals surface area (Å²) in [5, 5.41) is 14.2. The average molecular weight is 263 g/mol. The first-order chi connectivity index (χ1) is 8.54. The lowest BCUT2D eigenvalue weighted by Gasteiger charge is -2.06. The molecule has 0 radical (unpaired) electrons. The Balaban J connectivity index is 2.13. The molecule has 18 heavy (non-hydrogen) atoms. The molecule has 2 heterocycles. The van der Waals surface area contributed by atoms with Gasteiger partial charge in [0.15, 0.2) is 5.13 Å². The third kappa shape index (κ3) is 3.04. The number of aromatic nitrogens is 2. The summed E-state index contributed by atoms with van der Waals surface area (Å²) in [6.45, 7) is 3.85. The van der Waals surface area contributed by atoms with Crippen LogP contribution in [0.4, 0.5) is 10.8 Å². The van der Waals surface area contributed by atoms with Crippen molar-refractivity contribution in [1.29, 1.82) is 0 Å². The molecule has 2 aromatic rings. The Morgan fingerprint density at radius 2 is 2.17 bits per heavy atom. The summed E-state index contributed by atoms with van der Waals surface area (Å²) < 4.78 is 0. The van der Waals surface area contributed by atoms with E-state index in [4.69, 9.17) is 5.11 Å². The highest BCUT2D eigenvalue weighted by molar-refractivity contribution is 7.13. The summed E-state index contributed by atoms with van der Waals surface area (Å²) >= 11 is 1.39. The summed E-state index contributed by atoms with van der Waals surface area (Å²) in [5.41, 5.74) is 3.30. The van der Waals surface area contributed by atoms with E-state index in [1.165, 1.54) is 11.3 Å². The molecule has 0 unspecified atom stereocenters. The molecule has 0 amide bonds. The standard InChI is InChI=1S/C12H13N3O2S/c1-7-3-4-10(8(2)13-7)15-12-14-9(6-18-12)5-11(16)17/h3-4,6H,5H2,1-2H3,(H,14,15)(H,16,17). The quantitative estimate of drug-likeness (QED) is 0.886. The van der Waals surface area contributed by atoms with Crippen molar-refractivity contribution < 1.29 is 9.90 Å². The van der Waals surface area contributed by atoms with Gasteiger partial charge in [-0.25, -0.2) is 4.98 Å². The van der Waals surface area contributed by atoms with Gasteiger partial charge < -0.3 is 10.4 Å². The lowest BCUT2D eigenvalue weighted by atomic mass is 10.3. The molecule has 0 spiro atoms. The maximum Gasteiger partial charge on any atom is 0.309 e. The summed E-state index contributed by atoms with van der Waals surface area (Å²) in [5.74, 6) is -0.875. The number of hydrogen-bond acceptors (Lipinski definition) is 5. The van der Waals surface area contributed by atoms with Crippen molar-refractivity contribution in [2.24, 2.45) is 0 Å². The summed E-state index contributed by atoms with van der Waals surface area (Å²) in [6, 6.07) is 3.86. The monoisotopic (exact) mass is 263 g/mol. The third-order valence-corrected chi connectivity index (χ3v) is 3.16. The van der Waals surface area contributed by atoms with Gasteiger partial charge in [0.1, 0.15) is 0 Å². The van der Waals surface area contributed by atoms with Gasteiger partial charge in [-0.2, -0.15) is 0 Å². The van der Waals surface area contributed by atoms with Crippen molar-refractivity contribution in [3.05, 3.63) is 34.6 Å². The van der Waals surface area contributed by atoms with Crippen molar-refractivity contribution in [3.8, 4) is 0 Å². The van der Waals surface area contributed by atoms with E-state index in [-0.39, 0.29) is 6.42 Å². The highest BCUT2D eigenvalue weighted by Gasteiger charge is 2.07. The molecular weight excluding hydrogens is 250 g/mol. The maximum atomic E-state index is 10.6. The Bertz CT molecular complexity index is 580. The molecule has 0 aliphatic carbocycles. The van der Waals surface area contributed by atoms with Gasteiger partial charge in [-0.3, -0.25) is 9.78 Å². The zero-order valence-corrected chi connectivity index (χ0v) is 10.9. The Labute approximate surface area is 109 Å². The summed E-state index contributed by atoms with van der Waals surface area (Å²) in [6.07, 6.45) is -0.0523. The van der Waals surface area contributed by atoms with Crippen LogP contribution < -0.4 is 5.32 Å². The minimum absolute atomic E-state index is 0.0523. The minimum atomic E-state index is -0.875. The molecule has 0 saturated carbocycles. The van der Waals surface area contributed by atoms with Gasteiger partial charge in [-0.15, -0.1) is 11.3 Å². The number of rotatable bonds is 4. The average Bonchev–Trinajstić information content (AvgIpc) is 2.69. The number of carboxylic acids is 1. The predicted molar refractivity (Wildman–Crippen MR) is 70.4 cm³/mol. The van der Waals surface area contributed by atoms with E-state index < -0.39 is 5.97 Å². The number of nitrogens with one attached hydrogen (secondary N) is 1. The molecule has 2 rings (SSSR count). The molecule has 94 valence electrons. The Morgan fingerprint density at radius 1 is 1.39 bits per heavy atom. The fourth-order valence-electron chi connectivity index (χ4n) is 1.53. The molecule has 2 N–H and O–H groups in total. The highest BCUT2D eigenvalue weighted by atomic mass is 32.1. The number of carboxylic acid groups (broad SMARTS) is 1. The zero-order chi connectivity index (χ0) is 13.1. The van der Waals surface area contributed by atoms with Gasteiger partial charge in [-0.05, 0) is 26.0 Å². The summed E-state index contributed by atoms with van der Waals surface area (Å²) in [7, 11) is 0. The number of nitrogens with zero attached hydrogens (tertiary/aromatic N) is 2. The maximum absolute atomic E-state index is 10.6. The van der Waals surface area contributed by atoms with Crippen molar-refractivity contribution >= 4 is 28.1 Å². The van der Waals surface area contributed by atoms with E-state index in [2.05, 4.69) is 15.3 Å². The van der Waals surface area contributed by atoms with Crippen LogP contribution in [0.5, 0.6) is 0 Å². The topological polar surface area (TPSA) is 75.1 Å². The molecule has 0 atom stereocenters. The minimum Gasteiger partial charge on any atom is -0.481 e. The number of aliphatic carboxylic acids is 1. The van der Waals surface area contributed by atoms with E-state index in [0.717, 1.165) is 17.1 Å². The Hall–Kier alpha value is -1.95. The van der Waals surface area contributed by atoms with Crippen LogP contribution in [0.25, 0.3) is 0 Å². The Morgan fingerprint density at radius 3 is 2.83 bits per heavy atom. The smallest absolute Gasteiger partial charge is 0.309 e. The lowest BCUT2D eigenvalue weighted by Crippen LogP contribution is -2.01.